The van der Waals surface area contributed by atoms with Crippen molar-refractivity contribution in [3.05, 3.63) is 61.8 Å². The summed E-state index contributed by atoms with van der Waals surface area (Å²) >= 11 is 8.85. The molecule has 0 aliphatic heterocycles. The van der Waals surface area contributed by atoms with E-state index in [0.29, 0.717) is 4.60 Å². The lowest BCUT2D eigenvalue weighted by molar-refractivity contribution is -0.383. The maximum absolute atomic E-state index is 12.0. The van der Waals surface area contributed by atoms with E-state index in [9.17, 15) is 14.9 Å². The molecule has 2 rings (SSSR count). The standard InChI is InChI=1S/C12H7BrClN3O3/c13-11-3-1-2-9(15-11)12(18)16-8-5-4-7(14)6-10(8)17(19)20/h1-6H,(H,16,18). The molecule has 6 nitrogen and oxygen atoms in total. The van der Waals surface area contributed by atoms with Crippen molar-refractivity contribution in [1.82, 2.24) is 4.98 Å². The fourth-order valence-electron chi connectivity index (χ4n) is 1.48. The summed E-state index contributed by atoms with van der Waals surface area (Å²) in [5.41, 5.74) is -0.0735. The monoisotopic (exact) mass is 355 g/mol. The number of amides is 1. The number of nitro groups is 1. The number of halogens is 2. The smallest absolute Gasteiger partial charge is 0.294 e. The topological polar surface area (TPSA) is 85.1 Å². The summed E-state index contributed by atoms with van der Waals surface area (Å²) in [5.74, 6) is -0.545. The molecular formula is C12H7BrClN3O3. The lowest BCUT2D eigenvalue weighted by Gasteiger charge is -2.06. The van der Waals surface area contributed by atoms with Crippen LogP contribution in [-0.2, 0) is 0 Å². The van der Waals surface area contributed by atoms with Crippen LogP contribution in [0.2, 0.25) is 5.02 Å². The molecule has 0 unspecified atom stereocenters. The molecule has 0 saturated heterocycles. The first-order chi connectivity index (χ1) is 9.47. The van der Waals surface area contributed by atoms with Crippen molar-refractivity contribution in [2.45, 2.75) is 0 Å². The first kappa shape index (κ1) is 14.4. The van der Waals surface area contributed by atoms with E-state index in [-0.39, 0.29) is 22.1 Å². The van der Waals surface area contributed by atoms with Gasteiger partial charge < -0.3 is 5.32 Å². The quantitative estimate of drug-likeness (QED) is 0.516. The van der Waals surface area contributed by atoms with E-state index < -0.39 is 10.8 Å². The average Bonchev–Trinajstić information content (AvgIpc) is 2.40. The van der Waals surface area contributed by atoms with E-state index in [1.807, 2.05) is 0 Å². The van der Waals surface area contributed by atoms with Crippen molar-refractivity contribution < 1.29 is 9.72 Å². The van der Waals surface area contributed by atoms with Crippen LogP contribution >= 0.6 is 27.5 Å². The second-order valence-corrected chi connectivity index (χ2v) is 4.97. The predicted molar refractivity (Wildman–Crippen MR) is 78.0 cm³/mol. The van der Waals surface area contributed by atoms with Gasteiger partial charge in [0.2, 0.25) is 0 Å². The lowest BCUT2D eigenvalue weighted by atomic mass is 10.2. The molecule has 0 fully saturated rings. The van der Waals surface area contributed by atoms with Crippen LogP contribution in [0.15, 0.2) is 41.0 Å². The van der Waals surface area contributed by atoms with Gasteiger partial charge in [0.15, 0.2) is 0 Å². The van der Waals surface area contributed by atoms with Crippen molar-refractivity contribution in [2.24, 2.45) is 0 Å². The highest BCUT2D eigenvalue weighted by atomic mass is 79.9. The van der Waals surface area contributed by atoms with E-state index in [4.69, 9.17) is 11.6 Å². The Balaban J connectivity index is 2.30. The predicted octanol–water partition coefficient (Wildman–Crippen LogP) is 3.66. The number of anilines is 1. The van der Waals surface area contributed by atoms with Crippen LogP contribution < -0.4 is 5.32 Å². The average molecular weight is 357 g/mol. The van der Waals surface area contributed by atoms with Crippen molar-refractivity contribution in [1.29, 1.82) is 0 Å². The van der Waals surface area contributed by atoms with Crippen molar-refractivity contribution in [2.75, 3.05) is 5.32 Å². The van der Waals surface area contributed by atoms with Crippen LogP contribution in [0.1, 0.15) is 10.5 Å². The molecule has 1 N–H and O–H groups in total. The second-order valence-electron chi connectivity index (χ2n) is 3.72. The normalized spacial score (nSPS) is 10.1. The zero-order valence-electron chi connectivity index (χ0n) is 9.84. The minimum absolute atomic E-state index is 0.0613. The second kappa shape index (κ2) is 5.98. The fraction of sp³-hybridized carbons (Fsp3) is 0. The first-order valence-electron chi connectivity index (χ1n) is 5.35. The van der Waals surface area contributed by atoms with E-state index in [0.717, 1.165) is 0 Å². The molecule has 20 heavy (non-hydrogen) atoms. The molecule has 0 aliphatic carbocycles. The number of hydrogen-bond acceptors (Lipinski definition) is 4. The summed E-state index contributed by atoms with van der Waals surface area (Å²) < 4.78 is 0.496. The number of carbonyl (C=O) groups excluding carboxylic acids is 1. The van der Waals surface area contributed by atoms with Crippen molar-refractivity contribution in [3.8, 4) is 0 Å². The fourth-order valence-corrected chi connectivity index (χ4v) is 1.99. The number of aromatic nitrogens is 1. The molecule has 2 aromatic rings. The number of carbonyl (C=O) groups is 1. The van der Waals surface area contributed by atoms with Crippen LogP contribution in [0.4, 0.5) is 11.4 Å². The summed E-state index contributed by atoms with van der Waals surface area (Å²) in [6, 6.07) is 8.81. The summed E-state index contributed by atoms with van der Waals surface area (Å²) in [6.45, 7) is 0. The van der Waals surface area contributed by atoms with E-state index in [1.165, 1.54) is 24.3 Å². The summed E-state index contributed by atoms with van der Waals surface area (Å²) in [6.07, 6.45) is 0. The molecule has 0 bridgehead atoms. The van der Waals surface area contributed by atoms with Gasteiger partial charge in [-0.25, -0.2) is 4.98 Å². The van der Waals surface area contributed by atoms with Gasteiger partial charge in [0.05, 0.1) is 4.92 Å². The Hall–Kier alpha value is -1.99. The van der Waals surface area contributed by atoms with Gasteiger partial charge in [-0.2, -0.15) is 0 Å². The Kier molecular flexibility index (Phi) is 4.31. The largest absolute Gasteiger partial charge is 0.315 e. The van der Waals surface area contributed by atoms with Gasteiger partial charge in [-0.15, -0.1) is 0 Å². The highest BCUT2D eigenvalue weighted by Gasteiger charge is 2.17. The molecular weight excluding hydrogens is 350 g/mol. The van der Waals surface area contributed by atoms with Crippen molar-refractivity contribution >= 4 is 44.8 Å². The van der Waals surface area contributed by atoms with E-state index >= 15 is 0 Å². The number of nitro benzene ring substituents is 1. The third-order valence-electron chi connectivity index (χ3n) is 2.35. The van der Waals surface area contributed by atoms with Crippen LogP contribution in [0.5, 0.6) is 0 Å². The maximum atomic E-state index is 12.0. The molecule has 0 saturated carbocycles. The van der Waals surface area contributed by atoms with Crippen LogP contribution in [0, 0.1) is 10.1 Å². The molecule has 102 valence electrons. The van der Waals surface area contributed by atoms with Gasteiger partial charge in [0, 0.05) is 11.1 Å². The number of nitrogens with one attached hydrogen (secondary N) is 1. The van der Waals surface area contributed by atoms with E-state index in [1.54, 1.807) is 12.1 Å². The van der Waals surface area contributed by atoms with Gasteiger partial charge >= 0.3 is 0 Å². The van der Waals surface area contributed by atoms with E-state index in [2.05, 4.69) is 26.2 Å². The minimum atomic E-state index is -0.615. The summed E-state index contributed by atoms with van der Waals surface area (Å²) in [5, 5.41) is 13.6. The Morgan fingerprint density at radius 3 is 2.75 bits per heavy atom. The molecule has 0 atom stereocenters. The van der Waals surface area contributed by atoms with Crippen LogP contribution in [-0.4, -0.2) is 15.8 Å². The molecule has 8 heteroatoms. The number of nitrogens with zero attached hydrogens (tertiary/aromatic N) is 2. The van der Waals surface area contributed by atoms with Gasteiger partial charge in [-0.05, 0) is 40.2 Å². The number of pyridine rings is 1. The Morgan fingerprint density at radius 2 is 2.10 bits per heavy atom. The SMILES string of the molecule is O=C(Nc1ccc(Cl)cc1[N+](=O)[O-])c1cccc(Br)n1. The Labute approximate surface area is 127 Å². The van der Waals surface area contributed by atoms with Gasteiger partial charge in [0.25, 0.3) is 11.6 Å². The van der Waals surface area contributed by atoms with Crippen LogP contribution in [0.25, 0.3) is 0 Å². The highest BCUT2D eigenvalue weighted by molar-refractivity contribution is 9.10. The third-order valence-corrected chi connectivity index (χ3v) is 3.03. The maximum Gasteiger partial charge on any atom is 0.294 e. The molecule has 1 amide bonds. The van der Waals surface area contributed by atoms with Gasteiger partial charge in [0.1, 0.15) is 16.0 Å². The number of hydrogen-bond donors (Lipinski definition) is 1. The van der Waals surface area contributed by atoms with Gasteiger partial charge in [-0.1, -0.05) is 17.7 Å². The molecule has 0 radical (unpaired) electrons. The molecule has 1 aromatic heterocycles. The molecule has 1 heterocycles. The number of rotatable bonds is 3. The first-order valence-corrected chi connectivity index (χ1v) is 6.52. The van der Waals surface area contributed by atoms with Crippen LogP contribution in [0.3, 0.4) is 0 Å². The third kappa shape index (κ3) is 3.31. The molecule has 1 aromatic carbocycles. The Bertz CT molecular complexity index is 693. The zero-order valence-corrected chi connectivity index (χ0v) is 12.2. The zero-order chi connectivity index (χ0) is 14.7. The highest BCUT2D eigenvalue weighted by Crippen LogP contribution is 2.28. The van der Waals surface area contributed by atoms with Crippen molar-refractivity contribution in [3.63, 3.8) is 0 Å². The summed E-state index contributed by atoms with van der Waals surface area (Å²) in [7, 11) is 0. The summed E-state index contributed by atoms with van der Waals surface area (Å²) in [4.78, 5) is 26.2. The Morgan fingerprint density at radius 1 is 1.35 bits per heavy atom. The lowest BCUT2D eigenvalue weighted by Crippen LogP contribution is -2.14. The number of benzene rings is 1. The molecule has 0 aliphatic rings. The van der Waals surface area contributed by atoms with Gasteiger partial charge in [-0.3, -0.25) is 14.9 Å². The molecule has 0 spiro atoms. The minimum Gasteiger partial charge on any atom is -0.315 e.